The molecule has 0 aromatic rings. The van der Waals surface area contributed by atoms with E-state index in [0.717, 1.165) is 6.42 Å². The molecule has 0 radical (unpaired) electrons. The van der Waals surface area contributed by atoms with Gasteiger partial charge in [0.25, 0.3) is 0 Å². The van der Waals surface area contributed by atoms with E-state index < -0.39 is 0 Å². The van der Waals surface area contributed by atoms with E-state index in [1.54, 1.807) is 6.92 Å². The van der Waals surface area contributed by atoms with Crippen molar-refractivity contribution in [3.05, 3.63) is 0 Å². The molecule has 0 aliphatic rings. The summed E-state index contributed by atoms with van der Waals surface area (Å²) in [6.07, 6.45) is 0.0869. The predicted octanol–water partition coefficient (Wildman–Crippen LogP) is 0.116. The van der Waals surface area contributed by atoms with Gasteiger partial charge in [-0.2, -0.15) is 0 Å². The predicted molar refractivity (Wildman–Crippen MR) is 45.4 cm³/mol. The molecule has 0 aliphatic heterocycles. The number of rotatable bonds is 5. The van der Waals surface area contributed by atoms with E-state index in [2.05, 4.69) is 5.32 Å². The van der Waals surface area contributed by atoms with Crippen LogP contribution < -0.4 is 5.32 Å². The third-order valence-corrected chi connectivity index (χ3v) is 1.73. The van der Waals surface area contributed by atoms with Gasteiger partial charge in [-0.25, -0.2) is 0 Å². The second kappa shape index (κ2) is 5.52. The molecule has 0 fully saturated rings. The fourth-order valence-corrected chi connectivity index (χ4v) is 0.846. The monoisotopic (exact) mass is 161 g/mol. The van der Waals surface area contributed by atoms with Gasteiger partial charge in [0, 0.05) is 12.6 Å². The summed E-state index contributed by atoms with van der Waals surface area (Å²) in [5.41, 5.74) is 0. The van der Waals surface area contributed by atoms with Crippen molar-refractivity contribution in [2.24, 2.45) is 0 Å². The molecule has 0 bridgehead atoms. The van der Waals surface area contributed by atoms with Gasteiger partial charge in [0.1, 0.15) is 0 Å². The Hall–Kier alpha value is -0.120. The summed E-state index contributed by atoms with van der Waals surface area (Å²) < 4.78 is 0. The maximum absolute atomic E-state index is 9.30. The lowest BCUT2D eigenvalue weighted by Gasteiger charge is -2.19. The highest BCUT2D eigenvalue weighted by molar-refractivity contribution is 4.70. The highest BCUT2D eigenvalue weighted by atomic mass is 16.3. The van der Waals surface area contributed by atoms with Crippen LogP contribution in [0.25, 0.3) is 0 Å². The zero-order valence-corrected chi connectivity index (χ0v) is 7.54. The fraction of sp³-hybridized carbons (Fsp3) is 1.00. The van der Waals surface area contributed by atoms with Gasteiger partial charge in [0.15, 0.2) is 0 Å². The average Bonchev–Trinajstić information content (AvgIpc) is 1.98. The van der Waals surface area contributed by atoms with Crippen LogP contribution in [0.4, 0.5) is 0 Å². The Morgan fingerprint density at radius 2 is 1.82 bits per heavy atom. The molecule has 0 spiro atoms. The Morgan fingerprint density at radius 3 is 2.18 bits per heavy atom. The summed E-state index contributed by atoms with van der Waals surface area (Å²) in [5.74, 6) is 0. The number of aliphatic hydroxyl groups excluding tert-OH is 2. The Bertz CT molecular complexity index is 96.1. The van der Waals surface area contributed by atoms with Crippen LogP contribution in [-0.2, 0) is 0 Å². The quantitative estimate of drug-likeness (QED) is 0.536. The van der Waals surface area contributed by atoms with Crippen molar-refractivity contribution in [3.63, 3.8) is 0 Å². The Labute approximate surface area is 68.4 Å². The van der Waals surface area contributed by atoms with E-state index in [4.69, 9.17) is 5.11 Å². The average molecular weight is 161 g/mol. The van der Waals surface area contributed by atoms with E-state index in [1.807, 2.05) is 13.8 Å². The Kier molecular flexibility index (Phi) is 5.46. The number of hydrogen-bond acceptors (Lipinski definition) is 3. The van der Waals surface area contributed by atoms with E-state index in [-0.39, 0.29) is 18.2 Å². The summed E-state index contributed by atoms with van der Waals surface area (Å²) in [6, 6.07) is 0.0644. The van der Waals surface area contributed by atoms with Crippen LogP contribution >= 0.6 is 0 Å². The van der Waals surface area contributed by atoms with Gasteiger partial charge in [0.05, 0.1) is 12.2 Å². The van der Waals surface area contributed by atoms with Crippen LogP contribution in [0, 0.1) is 0 Å². The van der Waals surface area contributed by atoms with Crippen LogP contribution in [0.15, 0.2) is 0 Å². The number of aliphatic hydroxyl groups is 2. The van der Waals surface area contributed by atoms with Crippen LogP contribution in [0.3, 0.4) is 0 Å². The summed E-state index contributed by atoms with van der Waals surface area (Å²) in [5, 5.41) is 21.2. The van der Waals surface area contributed by atoms with Gasteiger partial charge in [-0.05, 0) is 20.3 Å². The zero-order chi connectivity index (χ0) is 8.85. The fourth-order valence-electron chi connectivity index (χ4n) is 0.846. The lowest BCUT2D eigenvalue weighted by molar-refractivity contribution is 0.117. The van der Waals surface area contributed by atoms with Gasteiger partial charge >= 0.3 is 0 Å². The largest absolute Gasteiger partial charge is 0.392 e. The van der Waals surface area contributed by atoms with Gasteiger partial charge in [-0.15, -0.1) is 0 Å². The number of hydrogen-bond donors (Lipinski definition) is 3. The number of nitrogens with one attached hydrogen (secondary N) is 1. The van der Waals surface area contributed by atoms with Crippen LogP contribution in [0.2, 0.25) is 0 Å². The minimum Gasteiger partial charge on any atom is -0.392 e. The van der Waals surface area contributed by atoms with Crippen LogP contribution in [0.1, 0.15) is 27.2 Å². The third kappa shape index (κ3) is 5.18. The van der Waals surface area contributed by atoms with Crippen molar-refractivity contribution in [3.8, 4) is 0 Å². The zero-order valence-electron chi connectivity index (χ0n) is 7.54. The molecular weight excluding hydrogens is 142 g/mol. The smallest absolute Gasteiger partial charge is 0.0687 e. The van der Waals surface area contributed by atoms with E-state index in [0.29, 0.717) is 6.54 Å². The molecule has 3 nitrogen and oxygen atoms in total. The first-order valence-electron chi connectivity index (χ1n) is 4.17. The second-order valence-corrected chi connectivity index (χ2v) is 3.02. The molecule has 0 saturated heterocycles. The minimum absolute atomic E-state index is 0.0644. The molecule has 3 unspecified atom stereocenters. The van der Waals surface area contributed by atoms with Crippen molar-refractivity contribution in [2.75, 3.05) is 6.54 Å². The Balaban J connectivity index is 3.43. The molecule has 0 amide bonds. The summed E-state index contributed by atoms with van der Waals surface area (Å²) in [6.45, 7) is 6.11. The highest BCUT2D eigenvalue weighted by Crippen LogP contribution is 1.96. The first-order chi connectivity index (χ1) is 5.07. The van der Waals surface area contributed by atoms with Crippen LogP contribution in [0.5, 0.6) is 0 Å². The summed E-state index contributed by atoms with van der Waals surface area (Å²) in [4.78, 5) is 0. The molecule has 3 N–H and O–H groups in total. The molecule has 0 rings (SSSR count). The first kappa shape index (κ1) is 10.9. The molecule has 0 saturated carbocycles. The molecule has 0 aliphatic carbocycles. The SMILES string of the molecule is CCC(O)C(C)NCC(C)O. The molecule has 0 aromatic heterocycles. The maximum Gasteiger partial charge on any atom is 0.0687 e. The van der Waals surface area contributed by atoms with Crippen molar-refractivity contribution < 1.29 is 10.2 Å². The van der Waals surface area contributed by atoms with Gasteiger partial charge in [-0.3, -0.25) is 0 Å². The van der Waals surface area contributed by atoms with Gasteiger partial charge < -0.3 is 15.5 Å². The standard InChI is InChI=1S/C8H19NO2/c1-4-8(11)7(3)9-5-6(2)10/h6-11H,4-5H2,1-3H3. The molecule has 0 heterocycles. The molecular formula is C8H19NO2. The van der Waals surface area contributed by atoms with Crippen molar-refractivity contribution >= 4 is 0 Å². The minimum atomic E-state index is -0.346. The summed E-state index contributed by atoms with van der Waals surface area (Å²) in [7, 11) is 0. The molecule has 3 atom stereocenters. The lowest BCUT2D eigenvalue weighted by Crippen LogP contribution is -2.40. The van der Waals surface area contributed by atoms with Gasteiger partial charge in [-0.1, -0.05) is 6.92 Å². The molecule has 0 aromatic carbocycles. The molecule has 3 heteroatoms. The van der Waals surface area contributed by atoms with Crippen molar-refractivity contribution in [1.29, 1.82) is 0 Å². The maximum atomic E-state index is 9.30. The topological polar surface area (TPSA) is 52.5 Å². The van der Waals surface area contributed by atoms with E-state index >= 15 is 0 Å². The van der Waals surface area contributed by atoms with E-state index in [9.17, 15) is 5.11 Å². The second-order valence-electron chi connectivity index (χ2n) is 3.02. The van der Waals surface area contributed by atoms with Crippen molar-refractivity contribution in [1.82, 2.24) is 5.32 Å². The third-order valence-electron chi connectivity index (χ3n) is 1.73. The highest BCUT2D eigenvalue weighted by Gasteiger charge is 2.10. The molecule has 68 valence electrons. The lowest BCUT2D eigenvalue weighted by atomic mass is 10.1. The van der Waals surface area contributed by atoms with Crippen molar-refractivity contribution in [2.45, 2.75) is 45.4 Å². The normalized spacial score (nSPS) is 19.4. The molecule has 11 heavy (non-hydrogen) atoms. The van der Waals surface area contributed by atoms with Gasteiger partial charge in [0.2, 0.25) is 0 Å². The van der Waals surface area contributed by atoms with E-state index in [1.165, 1.54) is 0 Å². The van der Waals surface area contributed by atoms with Crippen LogP contribution in [-0.4, -0.2) is 35.0 Å². The first-order valence-corrected chi connectivity index (χ1v) is 4.17. The summed E-state index contributed by atoms with van der Waals surface area (Å²) >= 11 is 0. The Morgan fingerprint density at radius 1 is 1.27 bits per heavy atom.